The first-order valence-electron chi connectivity index (χ1n) is 8.11. The standard InChI is InChI=1S/C19H17ClN4O3/c1-12-3-6-14(9-16(12)20)22-18(25)11-24-19(26)23-17(10-21-24)13-4-7-15(27-2)8-5-13/h3-10H,11H2,1-2H3,(H,22,25). The van der Waals surface area contributed by atoms with E-state index in [4.69, 9.17) is 16.3 Å². The van der Waals surface area contributed by atoms with Gasteiger partial charge >= 0.3 is 5.69 Å². The third-order valence-corrected chi connectivity index (χ3v) is 4.30. The lowest BCUT2D eigenvalue weighted by atomic mass is 10.1. The molecule has 27 heavy (non-hydrogen) atoms. The van der Waals surface area contributed by atoms with Gasteiger partial charge in [-0.05, 0) is 48.9 Å². The van der Waals surface area contributed by atoms with E-state index in [1.165, 1.54) is 6.20 Å². The first kappa shape index (κ1) is 18.6. The summed E-state index contributed by atoms with van der Waals surface area (Å²) in [5, 5.41) is 7.26. The van der Waals surface area contributed by atoms with Gasteiger partial charge in [0.2, 0.25) is 5.91 Å². The van der Waals surface area contributed by atoms with Gasteiger partial charge in [-0.1, -0.05) is 17.7 Å². The molecule has 1 amide bonds. The highest BCUT2D eigenvalue weighted by Crippen LogP contribution is 2.20. The number of aromatic nitrogens is 3. The molecule has 0 aliphatic heterocycles. The molecule has 0 bridgehead atoms. The van der Waals surface area contributed by atoms with Crippen LogP contribution in [0.5, 0.6) is 5.75 Å². The number of amides is 1. The zero-order chi connectivity index (χ0) is 19.4. The maximum absolute atomic E-state index is 12.2. The third-order valence-electron chi connectivity index (χ3n) is 3.89. The fourth-order valence-corrected chi connectivity index (χ4v) is 2.56. The summed E-state index contributed by atoms with van der Waals surface area (Å²) in [7, 11) is 1.57. The van der Waals surface area contributed by atoms with Crippen LogP contribution in [0.4, 0.5) is 5.69 Å². The van der Waals surface area contributed by atoms with Crippen LogP contribution in [0.3, 0.4) is 0 Å². The van der Waals surface area contributed by atoms with Crippen LogP contribution in [0.15, 0.2) is 53.5 Å². The molecule has 7 nitrogen and oxygen atoms in total. The summed E-state index contributed by atoms with van der Waals surface area (Å²) in [4.78, 5) is 28.3. The van der Waals surface area contributed by atoms with Crippen molar-refractivity contribution in [1.82, 2.24) is 14.8 Å². The molecule has 3 aromatic rings. The van der Waals surface area contributed by atoms with Crippen molar-refractivity contribution in [2.75, 3.05) is 12.4 Å². The molecule has 0 aliphatic rings. The molecule has 1 aromatic heterocycles. The molecule has 0 saturated carbocycles. The average molecular weight is 385 g/mol. The lowest BCUT2D eigenvalue weighted by molar-refractivity contribution is -0.117. The minimum atomic E-state index is -0.611. The van der Waals surface area contributed by atoms with Crippen LogP contribution < -0.4 is 15.7 Å². The summed E-state index contributed by atoms with van der Waals surface area (Å²) in [6.45, 7) is 1.62. The highest BCUT2D eigenvalue weighted by Gasteiger charge is 2.10. The van der Waals surface area contributed by atoms with Crippen molar-refractivity contribution in [1.29, 1.82) is 0 Å². The van der Waals surface area contributed by atoms with E-state index >= 15 is 0 Å². The van der Waals surface area contributed by atoms with Crippen LogP contribution in [0.25, 0.3) is 11.3 Å². The molecule has 2 aromatic carbocycles. The van der Waals surface area contributed by atoms with Gasteiger partial charge in [-0.15, -0.1) is 0 Å². The van der Waals surface area contributed by atoms with Crippen molar-refractivity contribution in [3.8, 4) is 17.0 Å². The number of benzene rings is 2. The molecule has 3 rings (SSSR count). The molecule has 0 spiro atoms. The number of halogens is 1. The molecule has 1 N–H and O–H groups in total. The molecule has 138 valence electrons. The SMILES string of the molecule is COc1ccc(-c2cnn(CC(=O)Nc3ccc(C)c(Cl)c3)c(=O)n2)cc1. The molecular formula is C19H17ClN4O3. The first-order valence-corrected chi connectivity index (χ1v) is 8.48. The summed E-state index contributed by atoms with van der Waals surface area (Å²) in [6.07, 6.45) is 1.44. The Morgan fingerprint density at radius 3 is 2.59 bits per heavy atom. The van der Waals surface area contributed by atoms with Crippen LogP contribution in [-0.4, -0.2) is 27.8 Å². The van der Waals surface area contributed by atoms with E-state index in [1.807, 2.05) is 6.92 Å². The van der Waals surface area contributed by atoms with Gasteiger partial charge < -0.3 is 10.1 Å². The molecule has 8 heteroatoms. The Balaban J connectivity index is 1.72. The number of nitrogens with zero attached hydrogens (tertiary/aromatic N) is 3. The average Bonchev–Trinajstić information content (AvgIpc) is 2.66. The monoisotopic (exact) mass is 384 g/mol. The Kier molecular flexibility index (Phi) is 5.52. The van der Waals surface area contributed by atoms with E-state index in [0.717, 1.165) is 15.8 Å². The summed E-state index contributed by atoms with van der Waals surface area (Å²) < 4.78 is 6.10. The molecular weight excluding hydrogens is 368 g/mol. The first-order chi connectivity index (χ1) is 13.0. The van der Waals surface area contributed by atoms with Gasteiger partial charge in [-0.3, -0.25) is 4.79 Å². The number of carbonyl (C=O) groups excluding carboxylic acids is 1. The van der Waals surface area contributed by atoms with Crippen LogP contribution in [0.1, 0.15) is 5.56 Å². The predicted molar refractivity (Wildman–Crippen MR) is 103 cm³/mol. The lowest BCUT2D eigenvalue weighted by Gasteiger charge is -2.08. The van der Waals surface area contributed by atoms with Crippen LogP contribution in [0.2, 0.25) is 5.02 Å². The Morgan fingerprint density at radius 2 is 1.96 bits per heavy atom. The van der Waals surface area contributed by atoms with Gasteiger partial charge in [-0.25, -0.2) is 9.48 Å². The number of methoxy groups -OCH3 is 1. The number of rotatable bonds is 5. The summed E-state index contributed by atoms with van der Waals surface area (Å²) in [5.74, 6) is 0.302. The van der Waals surface area contributed by atoms with Crippen LogP contribution >= 0.6 is 11.6 Å². The molecule has 0 radical (unpaired) electrons. The molecule has 0 unspecified atom stereocenters. The third kappa shape index (κ3) is 4.51. The number of nitrogens with one attached hydrogen (secondary N) is 1. The van der Waals surface area contributed by atoms with E-state index in [-0.39, 0.29) is 6.54 Å². The molecule has 0 atom stereocenters. The molecule has 0 saturated heterocycles. The molecule has 0 aliphatic carbocycles. The van der Waals surface area contributed by atoms with E-state index in [1.54, 1.807) is 49.6 Å². The van der Waals surface area contributed by atoms with E-state index in [2.05, 4.69) is 15.4 Å². The van der Waals surface area contributed by atoms with Gasteiger partial charge in [-0.2, -0.15) is 10.1 Å². The van der Waals surface area contributed by atoms with Crippen molar-refractivity contribution in [3.63, 3.8) is 0 Å². The van der Waals surface area contributed by atoms with E-state index in [9.17, 15) is 9.59 Å². The second kappa shape index (κ2) is 8.01. The zero-order valence-electron chi connectivity index (χ0n) is 14.8. The van der Waals surface area contributed by atoms with Crippen LogP contribution in [-0.2, 0) is 11.3 Å². The van der Waals surface area contributed by atoms with Crippen molar-refractivity contribution in [3.05, 3.63) is 69.7 Å². The number of carbonyl (C=O) groups is 1. The van der Waals surface area contributed by atoms with Gasteiger partial charge in [0, 0.05) is 16.3 Å². The predicted octanol–water partition coefficient (Wildman–Crippen LogP) is 2.91. The number of ether oxygens (including phenoxy) is 1. The largest absolute Gasteiger partial charge is 0.497 e. The topological polar surface area (TPSA) is 86.1 Å². The second-order valence-corrected chi connectivity index (χ2v) is 6.23. The smallest absolute Gasteiger partial charge is 0.365 e. The minimum Gasteiger partial charge on any atom is -0.497 e. The number of hydrogen-bond donors (Lipinski definition) is 1. The van der Waals surface area contributed by atoms with Crippen molar-refractivity contribution in [2.24, 2.45) is 0 Å². The fourth-order valence-electron chi connectivity index (χ4n) is 2.38. The van der Waals surface area contributed by atoms with Crippen LogP contribution in [0, 0.1) is 6.92 Å². The normalized spacial score (nSPS) is 10.5. The summed E-state index contributed by atoms with van der Waals surface area (Å²) in [6, 6.07) is 12.3. The van der Waals surface area contributed by atoms with Crippen molar-refractivity contribution in [2.45, 2.75) is 13.5 Å². The van der Waals surface area contributed by atoms with Gasteiger partial charge in [0.1, 0.15) is 12.3 Å². The quantitative estimate of drug-likeness (QED) is 0.731. The Bertz CT molecular complexity index is 1030. The Hall–Kier alpha value is -3.19. The van der Waals surface area contributed by atoms with E-state index in [0.29, 0.717) is 22.2 Å². The minimum absolute atomic E-state index is 0.250. The van der Waals surface area contributed by atoms with Crippen molar-refractivity contribution >= 4 is 23.2 Å². The fraction of sp³-hybridized carbons (Fsp3) is 0.158. The Labute approximate surface area is 160 Å². The zero-order valence-corrected chi connectivity index (χ0v) is 15.5. The number of anilines is 1. The van der Waals surface area contributed by atoms with Crippen molar-refractivity contribution < 1.29 is 9.53 Å². The molecule has 1 heterocycles. The molecule has 0 fully saturated rings. The highest BCUT2D eigenvalue weighted by atomic mass is 35.5. The maximum Gasteiger partial charge on any atom is 0.365 e. The van der Waals surface area contributed by atoms with Gasteiger partial charge in [0.05, 0.1) is 19.0 Å². The van der Waals surface area contributed by atoms with Gasteiger partial charge in [0.15, 0.2) is 0 Å². The maximum atomic E-state index is 12.2. The summed E-state index contributed by atoms with van der Waals surface area (Å²) >= 11 is 6.04. The lowest BCUT2D eigenvalue weighted by Crippen LogP contribution is -2.31. The Morgan fingerprint density at radius 1 is 1.22 bits per heavy atom. The second-order valence-electron chi connectivity index (χ2n) is 5.82. The highest BCUT2D eigenvalue weighted by molar-refractivity contribution is 6.31. The summed E-state index contributed by atoms with van der Waals surface area (Å²) in [5.41, 5.74) is 1.99. The number of hydrogen-bond acceptors (Lipinski definition) is 5. The van der Waals surface area contributed by atoms with E-state index < -0.39 is 11.6 Å². The van der Waals surface area contributed by atoms with Gasteiger partial charge in [0.25, 0.3) is 0 Å². The number of aryl methyl sites for hydroxylation is 1.